The summed E-state index contributed by atoms with van der Waals surface area (Å²) in [5.41, 5.74) is 2.19. The molecule has 1 N–H and O–H groups in total. The molecular weight excluding hydrogens is 397 g/mol. The molecule has 1 heterocycles. The van der Waals surface area contributed by atoms with Crippen LogP contribution in [0, 0.1) is 12.7 Å². The number of hydrogen-bond acceptors (Lipinski definition) is 4. The van der Waals surface area contributed by atoms with Gasteiger partial charge in [0.25, 0.3) is 5.91 Å². The van der Waals surface area contributed by atoms with Gasteiger partial charge >= 0.3 is 0 Å². The van der Waals surface area contributed by atoms with Crippen molar-refractivity contribution in [3.05, 3.63) is 95.5 Å². The van der Waals surface area contributed by atoms with Crippen molar-refractivity contribution in [3.63, 3.8) is 0 Å². The van der Waals surface area contributed by atoms with Crippen LogP contribution in [0.5, 0.6) is 5.75 Å². The predicted molar refractivity (Wildman–Crippen MR) is 116 cm³/mol. The van der Waals surface area contributed by atoms with Crippen molar-refractivity contribution in [1.29, 1.82) is 0 Å². The molecule has 0 aliphatic heterocycles. The summed E-state index contributed by atoms with van der Waals surface area (Å²) in [5, 5.41) is 3.32. The summed E-state index contributed by atoms with van der Waals surface area (Å²) in [4.78, 5) is 25.9. The molecule has 0 saturated carbocycles. The first-order valence-electron chi connectivity index (χ1n) is 9.79. The number of aryl methyl sites for hydroxylation is 1. The third kappa shape index (κ3) is 4.19. The molecule has 1 atom stereocenters. The highest BCUT2D eigenvalue weighted by Gasteiger charge is 2.25. The molecule has 0 bridgehead atoms. The lowest BCUT2D eigenvalue weighted by Crippen LogP contribution is -2.30. The van der Waals surface area contributed by atoms with Gasteiger partial charge in [-0.3, -0.25) is 9.59 Å². The largest absolute Gasteiger partial charge is 0.478 e. The van der Waals surface area contributed by atoms with Crippen LogP contribution >= 0.6 is 0 Å². The zero-order valence-electron chi connectivity index (χ0n) is 17.0. The SMILES string of the molecule is Cc1ccc(C(=O)c2oc3ccccc3c2NC(=O)[C@@H](C)Oc2ccccc2F)cc1. The second kappa shape index (κ2) is 8.44. The summed E-state index contributed by atoms with van der Waals surface area (Å²) in [6, 6.07) is 20.0. The molecule has 4 rings (SSSR count). The molecule has 0 saturated heterocycles. The van der Waals surface area contributed by atoms with Gasteiger partial charge in [0.1, 0.15) is 5.58 Å². The molecule has 3 aromatic carbocycles. The Morgan fingerprint density at radius 1 is 0.968 bits per heavy atom. The molecule has 0 spiro atoms. The lowest BCUT2D eigenvalue weighted by atomic mass is 10.1. The number of fused-ring (bicyclic) bond motifs is 1. The fourth-order valence-electron chi connectivity index (χ4n) is 3.17. The van der Waals surface area contributed by atoms with Gasteiger partial charge in [-0.25, -0.2) is 4.39 Å². The van der Waals surface area contributed by atoms with E-state index in [1.54, 1.807) is 42.5 Å². The maximum atomic E-state index is 13.9. The number of nitrogens with one attached hydrogen (secondary N) is 1. The topological polar surface area (TPSA) is 68.5 Å². The van der Waals surface area contributed by atoms with Gasteiger partial charge in [-0.2, -0.15) is 0 Å². The van der Waals surface area contributed by atoms with Gasteiger partial charge in [0.2, 0.25) is 5.78 Å². The van der Waals surface area contributed by atoms with E-state index in [0.717, 1.165) is 5.56 Å². The molecule has 156 valence electrons. The number of rotatable bonds is 6. The highest BCUT2D eigenvalue weighted by atomic mass is 19.1. The lowest BCUT2D eigenvalue weighted by molar-refractivity contribution is -0.122. The summed E-state index contributed by atoms with van der Waals surface area (Å²) < 4.78 is 25.1. The fraction of sp³-hybridized carbons (Fsp3) is 0.120. The average Bonchev–Trinajstić information content (AvgIpc) is 3.13. The summed E-state index contributed by atoms with van der Waals surface area (Å²) in [7, 11) is 0. The van der Waals surface area contributed by atoms with Crippen LogP contribution in [-0.2, 0) is 4.79 Å². The van der Waals surface area contributed by atoms with Gasteiger partial charge in [0.05, 0.1) is 5.69 Å². The van der Waals surface area contributed by atoms with Gasteiger partial charge in [0, 0.05) is 10.9 Å². The van der Waals surface area contributed by atoms with E-state index in [1.165, 1.54) is 25.1 Å². The fourth-order valence-corrected chi connectivity index (χ4v) is 3.17. The number of ether oxygens (including phenoxy) is 1. The predicted octanol–water partition coefficient (Wildman–Crippen LogP) is 5.52. The molecule has 1 amide bonds. The minimum atomic E-state index is -1.01. The number of ketones is 1. The van der Waals surface area contributed by atoms with Crippen LogP contribution in [-0.4, -0.2) is 17.8 Å². The molecule has 4 aromatic rings. The molecule has 0 aliphatic carbocycles. The van der Waals surface area contributed by atoms with Gasteiger partial charge in [-0.1, -0.05) is 54.1 Å². The van der Waals surface area contributed by atoms with Crippen molar-refractivity contribution < 1.29 is 23.1 Å². The molecule has 0 aliphatic rings. The van der Waals surface area contributed by atoms with E-state index in [4.69, 9.17) is 9.15 Å². The van der Waals surface area contributed by atoms with Crippen LogP contribution < -0.4 is 10.1 Å². The van der Waals surface area contributed by atoms with Gasteiger partial charge in [-0.05, 0) is 38.1 Å². The molecule has 5 nitrogen and oxygen atoms in total. The monoisotopic (exact) mass is 417 g/mol. The minimum Gasteiger partial charge on any atom is -0.478 e. The molecule has 0 unspecified atom stereocenters. The van der Waals surface area contributed by atoms with Crippen molar-refractivity contribution >= 4 is 28.3 Å². The van der Waals surface area contributed by atoms with Crippen LogP contribution in [0.3, 0.4) is 0 Å². The number of amides is 1. The zero-order valence-corrected chi connectivity index (χ0v) is 17.0. The molecule has 0 fully saturated rings. The number of halogens is 1. The van der Waals surface area contributed by atoms with E-state index < -0.39 is 17.8 Å². The second-order valence-corrected chi connectivity index (χ2v) is 7.18. The minimum absolute atomic E-state index is 0.0245. The summed E-state index contributed by atoms with van der Waals surface area (Å²) in [6.45, 7) is 3.43. The average molecular weight is 417 g/mol. The van der Waals surface area contributed by atoms with E-state index in [0.29, 0.717) is 16.5 Å². The quantitative estimate of drug-likeness (QED) is 0.420. The van der Waals surface area contributed by atoms with Crippen molar-refractivity contribution in [3.8, 4) is 5.75 Å². The molecule has 31 heavy (non-hydrogen) atoms. The van der Waals surface area contributed by atoms with E-state index >= 15 is 0 Å². The Kier molecular flexibility index (Phi) is 5.54. The first-order valence-corrected chi connectivity index (χ1v) is 9.79. The smallest absolute Gasteiger partial charge is 0.265 e. The lowest BCUT2D eigenvalue weighted by Gasteiger charge is -2.15. The van der Waals surface area contributed by atoms with Gasteiger partial charge in [-0.15, -0.1) is 0 Å². The van der Waals surface area contributed by atoms with Crippen LogP contribution in [0.4, 0.5) is 10.1 Å². The Morgan fingerprint density at radius 2 is 1.65 bits per heavy atom. The second-order valence-electron chi connectivity index (χ2n) is 7.18. The highest BCUT2D eigenvalue weighted by Crippen LogP contribution is 2.33. The molecule has 0 radical (unpaired) electrons. The molecule has 6 heteroatoms. The maximum absolute atomic E-state index is 13.9. The number of carbonyl (C=O) groups excluding carboxylic acids is 2. The number of benzene rings is 3. The zero-order chi connectivity index (χ0) is 22.0. The highest BCUT2D eigenvalue weighted by molar-refractivity contribution is 6.17. The van der Waals surface area contributed by atoms with Crippen molar-refractivity contribution in [2.24, 2.45) is 0 Å². The van der Waals surface area contributed by atoms with Crippen LogP contribution in [0.15, 0.2) is 77.2 Å². The number of hydrogen-bond donors (Lipinski definition) is 1. The third-order valence-electron chi connectivity index (χ3n) is 4.87. The number of furan rings is 1. The maximum Gasteiger partial charge on any atom is 0.265 e. The summed E-state index contributed by atoms with van der Waals surface area (Å²) in [6.07, 6.45) is -1.01. The molecule has 1 aromatic heterocycles. The van der Waals surface area contributed by atoms with E-state index in [-0.39, 0.29) is 23.0 Å². The standard InChI is InChI=1S/C25H20FNO4/c1-15-11-13-17(14-12-15)23(28)24-22(18-7-3-5-9-20(18)31-24)27-25(29)16(2)30-21-10-6-4-8-19(21)26/h3-14,16H,1-2H3,(H,27,29)/t16-/m1/s1. The van der Waals surface area contributed by atoms with E-state index in [9.17, 15) is 14.0 Å². The Morgan fingerprint density at radius 3 is 2.39 bits per heavy atom. The van der Waals surface area contributed by atoms with E-state index in [2.05, 4.69) is 5.32 Å². The van der Waals surface area contributed by atoms with Gasteiger partial charge in [0.15, 0.2) is 23.4 Å². The first-order chi connectivity index (χ1) is 14.9. The third-order valence-corrected chi connectivity index (χ3v) is 4.87. The Balaban J connectivity index is 1.65. The Hall–Kier alpha value is -3.93. The molecular formula is C25H20FNO4. The number of anilines is 1. The normalized spacial score (nSPS) is 11.8. The van der Waals surface area contributed by atoms with Crippen LogP contribution in [0.2, 0.25) is 0 Å². The van der Waals surface area contributed by atoms with Crippen molar-refractivity contribution in [1.82, 2.24) is 0 Å². The summed E-state index contributed by atoms with van der Waals surface area (Å²) in [5.74, 6) is -1.46. The first kappa shape index (κ1) is 20.3. The number of para-hydroxylation sites is 2. The Labute approximate surface area is 178 Å². The number of carbonyl (C=O) groups is 2. The van der Waals surface area contributed by atoms with Crippen molar-refractivity contribution in [2.45, 2.75) is 20.0 Å². The van der Waals surface area contributed by atoms with Crippen molar-refractivity contribution in [2.75, 3.05) is 5.32 Å². The van der Waals surface area contributed by atoms with E-state index in [1.807, 2.05) is 19.1 Å². The van der Waals surface area contributed by atoms with Crippen LogP contribution in [0.1, 0.15) is 28.6 Å². The van der Waals surface area contributed by atoms with Crippen LogP contribution in [0.25, 0.3) is 11.0 Å². The summed E-state index contributed by atoms with van der Waals surface area (Å²) >= 11 is 0. The Bertz CT molecular complexity index is 1260. The van der Waals surface area contributed by atoms with Gasteiger partial charge < -0.3 is 14.5 Å².